The van der Waals surface area contributed by atoms with E-state index in [4.69, 9.17) is 16.3 Å². The van der Waals surface area contributed by atoms with Crippen LogP contribution in [-0.2, 0) is 4.74 Å². The Kier molecular flexibility index (Phi) is 3.43. The molecule has 0 aliphatic rings. The summed E-state index contributed by atoms with van der Waals surface area (Å²) >= 11 is 6.08. The van der Waals surface area contributed by atoms with E-state index in [1.165, 1.54) is 0 Å². The summed E-state index contributed by atoms with van der Waals surface area (Å²) in [5, 5.41) is 4.28. The Morgan fingerprint density at radius 1 is 1.56 bits per heavy atom. The Balaban J connectivity index is 2.73. The monoisotopic (exact) mass is 267 g/mol. The van der Waals surface area contributed by atoms with Crippen molar-refractivity contribution in [1.82, 2.24) is 9.61 Å². The number of halogens is 1. The molecule has 5 nitrogen and oxygen atoms in total. The molecule has 0 saturated heterocycles. The Labute approximate surface area is 110 Å². The lowest BCUT2D eigenvalue weighted by Gasteiger charge is -2.18. The minimum absolute atomic E-state index is 0.140. The second-order valence-electron chi connectivity index (χ2n) is 3.97. The van der Waals surface area contributed by atoms with Gasteiger partial charge in [-0.3, -0.25) is 0 Å². The third-order valence-electron chi connectivity index (χ3n) is 2.54. The van der Waals surface area contributed by atoms with Crippen molar-refractivity contribution >= 4 is 28.8 Å². The van der Waals surface area contributed by atoms with Gasteiger partial charge < -0.3 is 9.64 Å². The van der Waals surface area contributed by atoms with Crippen LogP contribution in [0.4, 0.5) is 5.69 Å². The second-order valence-corrected chi connectivity index (χ2v) is 4.33. The van der Waals surface area contributed by atoms with E-state index in [2.05, 4.69) is 5.10 Å². The highest BCUT2D eigenvalue weighted by molar-refractivity contribution is 6.33. The highest BCUT2D eigenvalue weighted by Crippen LogP contribution is 2.30. The van der Waals surface area contributed by atoms with Crippen molar-refractivity contribution in [3.05, 3.63) is 29.0 Å². The third kappa shape index (κ3) is 2.01. The molecule has 96 valence electrons. The van der Waals surface area contributed by atoms with Crippen molar-refractivity contribution < 1.29 is 9.53 Å². The highest BCUT2D eigenvalue weighted by atomic mass is 35.5. The number of hydrogen-bond donors (Lipinski definition) is 0. The van der Waals surface area contributed by atoms with Gasteiger partial charge in [0.15, 0.2) is 5.15 Å². The molecule has 2 aromatic rings. The van der Waals surface area contributed by atoms with Crippen LogP contribution in [0.3, 0.4) is 0 Å². The molecule has 6 heteroatoms. The number of rotatable bonds is 3. The number of nitrogens with zero attached hydrogens (tertiary/aromatic N) is 3. The lowest BCUT2D eigenvalue weighted by atomic mass is 10.2. The SMILES string of the molecule is CCOC(=O)c1c(Cl)nn2cccc2c1N(C)C. The molecule has 0 aliphatic carbocycles. The molecule has 0 fully saturated rings. The average molecular weight is 268 g/mol. The summed E-state index contributed by atoms with van der Waals surface area (Å²) in [5.41, 5.74) is 1.82. The Morgan fingerprint density at radius 2 is 2.28 bits per heavy atom. The number of fused-ring (bicyclic) bond motifs is 1. The predicted octanol–water partition coefficient (Wildman–Crippen LogP) is 2.23. The van der Waals surface area contributed by atoms with Gasteiger partial charge >= 0.3 is 5.97 Å². The number of ether oxygens (including phenoxy) is 1. The van der Waals surface area contributed by atoms with Crippen LogP contribution in [0.2, 0.25) is 5.15 Å². The average Bonchev–Trinajstić information content (AvgIpc) is 2.74. The molecule has 18 heavy (non-hydrogen) atoms. The van der Waals surface area contributed by atoms with E-state index in [1.54, 1.807) is 17.6 Å². The zero-order valence-corrected chi connectivity index (χ0v) is 11.2. The summed E-state index contributed by atoms with van der Waals surface area (Å²) < 4.78 is 6.67. The quantitative estimate of drug-likeness (QED) is 0.800. The Morgan fingerprint density at radius 3 is 2.89 bits per heavy atom. The van der Waals surface area contributed by atoms with Crippen LogP contribution in [-0.4, -0.2) is 36.3 Å². The molecule has 0 aromatic carbocycles. The Bertz CT molecular complexity index is 592. The van der Waals surface area contributed by atoms with Crippen LogP contribution >= 0.6 is 11.6 Å². The van der Waals surface area contributed by atoms with E-state index in [9.17, 15) is 4.79 Å². The van der Waals surface area contributed by atoms with Gasteiger partial charge in [-0.2, -0.15) is 5.10 Å². The first kappa shape index (κ1) is 12.7. The number of carbonyl (C=O) groups excluding carboxylic acids is 1. The molecule has 2 aromatic heterocycles. The van der Waals surface area contributed by atoms with E-state index in [0.29, 0.717) is 17.9 Å². The summed E-state index contributed by atoms with van der Waals surface area (Å²) in [4.78, 5) is 13.8. The van der Waals surface area contributed by atoms with Gasteiger partial charge in [-0.15, -0.1) is 0 Å². The summed E-state index contributed by atoms with van der Waals surface area (Å²) in [6.07, 6.45) is 1.78. The van der Waals surface area contributed by atoms with Crippen molar-refractivity contribution in [3.8, 4) is 0 Å². The minimum Gasteiger partial charge on any atom is -0.462 e. The lowest BCUT2D eigenvalue weighted by Crippen LogP contribution is -2.18. The zero-order valence-electron chi connectivity index (χ0n) is 10.5. The fourth-order valence-corrected chi connectivity index (χ4v) is 2.10. The maximum Gasteiger partial charge on any atom is 0.343 e. The molecule has 2 rings (SSSR count). The van der Waals surface area contributed by atoms with Gasteiger partial charge in [0, 0.05) is 20.3 Å². The van der Waals surface area contributed by atoms with E-state index < -0.39 is 5.97 Å². The van der Waals surface area contributed by atoms with Crippen LogP contribution < -0.4 is 4.90 Å². The molecule has 0 unspecified atom stereocenters. The first-order chi connectivity index (χ1) is 8.56. The molecule has 0 atom stereocenters. The summed E-state index contributed by atoms with van der Waals surface area (Å²) in [7, 11) is 3.70. The normalized spacial score (nSPS) is 10.7. The van der Waals surface area contributed by atoms with Gasteiger partial charge in [0.1, 0.15) is 5.56 Å². The number of anilines is 1. The van der Waals surface area contributed by atoms with Crippen molar-refractivity contribution in [2.24, 2.45) is 0 Å². The lowest BCUT2D eigenvalue weighted by molar-refractivity contribution is 0.0527. The molecule has 0 radical (unpaired) electrons. The summed E-state index contributed by atoms with van der Waals surface area (Å²) in [6, 6.07) is 3.72. The van der Waals surface area contributed by atoms with E-state index in [-0.39, 0.29) is 5.15 Å². The van der Waals surface area contributed by atoms with E-state index >= 15 is 0 Å². The third-order valence-corrected chi connectivity index (χ3v) is 2.80. The predicted molar refractivity (Wildman–Crippen MR) is 70.5 cm³/mol. The van der Waals surface area contributed by atoms with Crippen LogP contribution in [0.25, 0.3) is 5.52 Å². The van der Waals surface area contributed by atoms with Gasteiger partial charge in [-0.1, -0.05) is 11.6 Å². The van der Waals surface area contributed by atoms with Gasteiger partial charge in [0.25, 0.3) is 0 Å². The van der Waals surface area contributed by atoms with Gasteiger partial charge in [-0.25, -0.2) is 9.31 Å². The van der Waals surface area contributed by atoms with Crippen molar-refractivity contribution in [2.75, 3.05) is 25.6 Å². The topological polar surface area (TPSA) is 46.8 Å². The Hall–Kier alpha value is -1.75. The van der Waals surface area contributed by atoms with Crippen LogP contribution in [0, 0.1) is 0 Å². The molecular formula is C12H14ClN3O2. The number of aromatic nitrogens is 2. The number of hydrogen-bond acceptors (Lipinski definition) is 4. The van der Waals surface area contributed by atoms with Crippen molar-refractivity contribution in [1.29, 1.82) is 0 Å². The summed E-state index contributed by atoms with van der Waals surface area (Å²) in [5.74, 6) is -0.456. The molecule has 2 heterocycles. The van der Waals surface area contributed by atoms with Crippen molar-refractivity contribution in [2.45, 2.75) is 6.92 Å². The second kappa shape index (κ2) is 4.86. The first-order valence-electron chi connectivity index (χ1n) is 5.57. The van der Waals surface area contributed by atoms with Gasteiger partial charge in [0.05, 0.1) is 17.8 Å². The molecular weight excluding hydrogens is 254 g/mol. The van der Waals surface area contributed by atoms with E-state index in [0.717, 1.165) is 5.52 Å². The standard InChI is InChI=1S/C12H14ClN3O2/c1-4-18-12(17)9-10(15(2)3)8-6-5-7-16(8)14-11(9)13/h5-7H,4H2,1-3H3. The highest BCUT2D eigenvalue weighted by Gasteiger charge is 2.22. The zero-order chi connectivity index (χ0) is 13.3. The van der Waals surface area contributed by atoms with Crippen LogP contribution in [0.1, 0.15) is 17.3 Å². The van der Waals surface area contributed by atoms with Crippen molar-refractivity contribution in [3.63, 3.8) is 0 Å². The maximum atomic E-state index is 12.0. The van der Waals surface area contributed by atoms with Gasteiger partial charge in [-0.05, 0) is 19.1 Å². The molecule has 0 amide bonds. The molecule has 0 spiro atoms. The van der Waals surface area contributed by atoms with Gasteiger partial charge in [0.2, 0.25) is 0 Å². The largest absolute Gasteiger partial charge is 0.462 e. The smallest absolute Gasteiger partial charge is 0.343 e. The minimum atomic E-state index is -0.456. The molecule has 0 N–H and O–H groups in total. The molecule has 0 bridgehead atoms. The van der Waals surface area contributed by atoms with E-state index in [1.807, 2.05) is 31.1 Å². The number of carbonyl (C=O) groups is 1. The fraction of sp³-hybridized carbons (Fsp3) is 0.333. The summed E-state index contributed by atoms with van der Waals surface area (Å²) in [6.45, 7) is 2.05. The number of esters is 1. The molecule has 0 aliphatic heterocycles. The molecule has 0 saturated carbocycles. The van der Waals surface area contributed by atoms with Crippen LogP contribution in [0.5, 0.6) is 0 Å². The fourth-order valence-electron chi connectivity index (χ4n) is 1.85. The first-order valence-corrected chi connectivity index (χ1v) is 5.95. The maximum absolute atomic E-state index is 12.0. The van der Waals surface area contributed by atoms with Crippen LogP contribution in [0.15, 0.2) is 18.3 Å².